The number of nitrogens with zero attached hydrogens (tertiary/aromatic N) is 2. The molecule has 2 fully saturated rings. The lowest BCUT2D eigenvalue weighted by Crippen LogP contribution is -2.33. The summed E-state index contributed by atoms with van der Waals surface area (Å²) in [6, 6.07) is 8.18. The minimum atomic E-state index is -0.0206. The van der Waals surface area contributed by atoms with Gasteiger partial charge in [-0.1, -0.05) is 47.8 Å². The fourth-order valence-corrected chi connectivity index (χ4v) is 3.85. The first-order valence-electron chi connectivity index (χ1n) is 8.57. The maximum absolute atomic E-state index is 12.0. The van der Waals surface area contributed by atoms with Gasteiger partial charge < -0.3 is 9.84 Å². The lowest BCUT2D eigenvalue weighted by Gasteiger charge is -2.10. The van der Waals surface area contributed by atoms with Gasteiger partial charge in [0.05, 0.1) is 6.42 Å². The van der Waals surface area contributed by atoms with Gasteiger partial charge in [-0.15, -0.1) is 0 Å². The Morgan fingerprint density at radius 3 is 2.83 bits per heavy atom. The molecule has 2 saturated carbocycles. The van der Waals surface area contributed by atoms with Crippen molar-refractivity contribution in [1.29, 1.82) is 0 Å². The van der Waals surface area contributed by atoms with E-state index in [2.05, 4.69) is 15.5 Å². The van der Waals surface area contributed by atoms with Crippen molar-refractivity contribution in [2.75, 3.05) is 0 Å². The van der Waals surface area contributed by atoms with E-state index in [0.29, 0.717) is 23.7 Å². The maximum Gasteiger partial charge on any atom is 0.230 e. The molecular formula is C18H20ClN3O2. The Bertz CT molecular complexity index is 739. The molecule has 2 aliphatic carbocycles. The summed E-state index contributed by atoms with van der Waals surface area (Å²) in [7, 11) is 0. The van der Waals surface area contributed by atoms with Crippen LogP contribution in [0.15, 0.2) is 28.8 Å². The van der Waals surface area contributed by atoms with Crippen LogP contribution < -0.4 is 5.32 Å². The van der Waals surface area contributed by atoms with Crippen LogP contribution in [-0.2, 0) is 11.2 Å². The average molecular weight is 346 g/mol. The van der Waals surface area contributed by atoms with Crippen molar-refractivity contribution in [2.45, 2.75) is 56.4 Å². The van der Waals surface area contributed by atoms with Crippen molar-refractivity contribution in [3.8, 4) is 0 Å². The summed E-state index contributed by atoms with van der Waals surface area (Å²) in [4.78, 5) is 16.5. The van der Waals surface area contributed by atoms with Crippen LogP contribution in [0, 0.1) is 0 Å². The minimum Gasteiger partial charge on any atom is -0.353 e. The van der Waals surface area contributed by atoms with E-state index in [1.165, 1.54) is 12.8 Å². The number of rotatable bonds is 5. The van der Waals surface area contributed by atoms with Crippen LogP contribution in [0.4, 0.5) is 0 Å². The van der Waals surface area contributed by atoms with Crippen molar-refractivity contribution in [3.63, 3.8) is 0 Å². The van der Waals surface area contributed by atoms with E-state index in [1.807, 2.05) is 24.3 Å². The van der Waals surface area contributed by atoms with E-state index in [1.54, 1.807) is 0 Å². The lowest BCUT2D eigenvalue weighted by atomic mass is 10.1. The predicted octanol–water partition coefficient (Wildman–Crippen LogP) is 3.60. The zero-order chi connectivity index (χ0) is 16.5. The molecule has 6 heteroatoms. The van der Waals surface area contributed by atoms with E-state index in [-0.39, 0.29) is 18.2 Å². The summed E-state index contributed by atoms with van der Waals surface area (Å²) in [5.41, 5.74) is 1.13. The molecule has 2 atom stereocenters. The predicted molar refractivity (Wildman–Crippen MR) is 90.0 cm³/mol. The number of amides is 1. The molecule has 1 aromatic carbocycles. The molecule has 24 heavy (non-hydrogen) atoms. The summed E-state index contributed by atoms with van der Waals surface area (Å²) in [6.45, 7) is 0. The molecule has 0 saturated heterocycles. The molecule has 0 radical (unpaired) electrons. The second-order valence-electron chi connectivity index (χ2n) is 6.74. The van der Waals surface area contributed by atoms with Crippen molar-refractivity contribution in [3.05, 3.63) is 46.6 Å². The topological polar surface area (TPSA) is 68.0 Å². The van der Waals surface area contributed by atoms with Crippen molar-refractivity contribution in [1.82, 2.24) is 15.5 Å². The van der Waals surface area contributed by atoms with Crippen LogP contribution >= 0.6 is 11.6 Å². The van der Waals surface area contributed by atoms with E-state index in [9.17, 15) is 4.79 Å². The highest BCUT2D eigenvalue weighted by Gasteiger charge is 2.44. The molecule has 2 aromatic rings. The van der Waals surface area contributed by atoms with Crippen LogP contribution in [-0.4, -0.2) is 22.1 Å². The third kappa shape index (κ3) is 3.31. The number of hydrogen-bond acceptors (Lipinski definition) is 4. The van der Waals surface area contributed by atoms with Crippen LogP contribution in [0.25, 0.3) is 0 Å². The number of benzene rings is 1. The van der Waals surface area contributed by atoms with Gasteiger partial charge in [0.2, 0.25) is 11.8 Å². The lowest BCUT2D eigenvalue weighted by molar-refractivity contribution is -0.121. The van der Waals surface area contributed by atoms with Gasteiger partial charge in [0.15, 0.2) is 5.82 Å². The quantitative estimate of drug-likeness (QED) is 0.899. The fraction of sp³-hybridized carbons (Fsp3) is 0.500. The average Bonchev–Trinajstić information content (AvgIpc) is 2.94. The highest BCUT2D eigenvalue weighted by Crippen LogP contribution is 2.55. The molecule has 0 unspecified atom stereocenters. The molecule has 1 aromatic heterocycles. The minimum absolute atomic E-state index is 0.0206. The molecule has 0 spiro atoms. The number of aromatic nitrogens is 2. The van der Waals surface area contributed by atoms with Gasteiger partial charge in [0.25, 0.3) is 0 Å². The molecule has 2 aliphatic rings. The van der Waals surface area contributed by atoms with E-state index in [0.717, 1.165) is 29.8 Å². The van der Waals surface area contributed by atoms with Crippen molar-refractivity contribution < 1.29 is 9.32 Å². The Morgan fingerprint density at radius 1 is 1.25 bits per heavy atom. The van der Waals surface area contributed by atoms with Crippen molar-refractivity contribution >= 4 is 17.5 Å². The van der Waals surface area contributed by atoms with Crippen LogP contribution in [0.3, 0.4) is 0 Å². The number of nitrogens with one attached hydrogen (secondary N) is 1. The molecular weight excluding hydrogens is 326 g/mol. The third-order valence-corrected chi connectivity index (χ3v) is 5.28. The number of carbonyl (C=O) groups is 1. The maximum atomic E-state index is 12.0. The molecule has 1 amide bonds. The highest BCUT2D eigenvalue weighted by atomic mass is 35.5. The smallest absolute Gasteiger partial charge is 0.230 e. The molecule has 4 rings (SSSR count). The first kappa shape index (κ1) is 15.6. The monoisotopic (exact) mass is 345 g/mol. The Balaban J connectivity index is 1.36. The van der Waals surface area contributed by atoms with Crippen LogP contribution in [0.1, 0.15) is 61.2 Å². The molecule has 126 valence electrons. The van der Waals surface area contributed by atoms with E-state index >= 15 is 0 Å². The Morgan fingerprint density at radius 2 is 2.04 bits per heavy atom. The number of carbonyl (C=O) groups excluding carboxylic acids is 1. The highest BCUT2D eigenvalue weighted by molar-refractivity contribution is 6.31. The van der Waals surface area contributed by atoms with E-state index < -0.39 is 0 Å². The summed E-state index contributed by atoms with van der Waals surface area (Å²) < 4.78 is 5.37. The summed E-state index contributed by atoms with van der Waals surface area (Å²) >= 11 is 6.25. The fourth-order valence-electron chi connectivity index (χ4n) is 3.57. The first-order valence-corrected chi connectivity index (χ1v) is 8.95. The Labute approximate surface area is 145 Å². The Kier molecular flexibility index (Phi) is 4.27. The zero-order valence-corrected chi connectivity index (χ0v) is 14.1. The van der Waals surface area contributed by atoms with Gasteiger partial charge in [0.1, 0.15) is 0 Å². The van der Waals surface area contributed by atoms with Gasteiger partial charge in [-0.3, -0.25) is 4.79 Å². The molecule has 1 N–H and O–H groups in total. The summed E-state index contributed by atoms with van der Waals surface area (Å²) in [5.74, 6) is 1.60. The number of halogens is 1. The number of hydrogen-bond donors (Lipinski definition) is 1. The van der Waals surface area contributed by atoms with Gasteiger partial charge in [-0.2, -0.15) is 4.98 Å². The largest absolute Gasteiger partial charge is 0.353 e. The van der Waals surface area contributed by atoms with Crippen LogP contribution in [0.2, 0.25) is 5.02 Å². The normalized spacial score (nSPS) is 23.4. The zero-order valence-electron chi connectivity index (χ0n) is 13.4. The third-order valence-electron chi connectivity index (χ3n) is 4.94. The first-order chi connectivity index (χ1) is 11.7. The SMILES string of the molecule is O=C(Cc1noc([C@H]2C[C@H]2c2ccccc2Cl)n1)NC1CCCC1. The molecule has 5 nitrogen and oxygen atoms in total. The van der Waals surface area contributed by atoms with E-state index in [4.69, 9.17) is 16.1 Å². The summed E-state index contributed by atoms with van der Waals surface area (Å²) in [5, 5.41) is 7.79. The molecule has 0 aliphatic heterocycles. The van der Waals surface area contributed by atoms with Gasteiger partial charge in [-0.05, 0) is 36.8 Å². The molecule has 1 heterocycles. The summed E-state index contributed by atoms with van der Waals surface area (Å²) in [6.07, 6.45) is 5.68. The standard InChI is InChI=1S/C18H20ClN3O2/c19-15-8-4-3-7-12(15)13-9-14(13)18-21-16(22-24-18)10-17(23)20-11-5-1-2-6-11/h3-4,7-8,11,13-14H,1-2,5-6,9-10H2,(H,20,23)/t13-,14-/m0/s1. The van der Waals surface area contributed by atoms with Gasteiger partial charge >= 0.3 is 0 Å². The second kappa shape index (κ2) is 6.55. The Hall–Kier alpha value is -1.88. The van der Waals surface area contributed by atoms with Gasteiger partial charge in [-0.25, -0.2) is 0 Å². The van der Waals surface area contributed by atoms with Gasteiger partial charge in [0, 0.05) is 17.0 Å². The second-order valence-corrected chi connectivity index (χ2v) is 7.15. The molecule has 0 bridgehead atoms. The van der Waals surface area contributed by atoms with Crippen molar-refractivity contribution in [2.24, 2.45) is 0 Å². The van der Waals surface area contributed by atoms with Crippen LogP contribution in [0.5, 0.6) is 0 Å².